The van der Waals surface area contributed by atoms with Crippen molar-refractivity contribution in [2.45, 2.75) is 39.5 Å². The van der Waals surface area contributed by atoms with E-state index in [4.69, 9.17) is 0 Å². The van der Waals surface area contributed by atoms with Crippen molar-refractivity contribution in [1.29, 1.82) is 0 Å². The van der Waals surface area contributed by atoms with E-state index in [0.717, 1.165) is 6.07 Å². The van der Waals surface area contributed by atoms with Gasteiger partial charge in [-0.25, -0.2) is 0 Å². The summed E-state index contributed by atoms with van der Waals surface area (Å²) < 4.78 is 40.2. The Morgan fingerprint density at radius 1 is 1.29 bits per heavy atom. The molecule has 5 nitrogen and oxygen atoms in total. The van der Waals surface area contributed by atoms with Crippen LogP contribution in [0, 0.1) is 6.92 Å². The van der Waals surface area contributed by atoms with Crippen molar-refractivity contribution in [2.24, 2.45) is 0 Å². The second-order valence-corrected chi connectivity index (χ2v) is 5.04. The van der Waals surface area contributed by atoms with Crippen LogP contribution in [0.2, 0.25) is 0 Å². The highest BCUT2D eigenvalue weighted by molar-refractivity contribution is 5.41. The maximum absolute atomic E-state index is 13.0. The van der Waals surface area contributed by atoms with Gasteiger partial charge in [-0.15, -0.1) is 5.10 Å². The van der Waals surface area contributed by atoms with Crippen molar-refractivity contribution in [3.63, 3.8) is 0 Å². The number of rotatable bonds is 4. The molecule has 0 atom stereocenters. The van der Waals surface area contributed by atoms with Crippen LogP contribution in [0.25, 0.3) is 5.69 Å². The Labute approximate surface area is 120 Å². The molecule has 0 unspecified atom stereocenters. The Morgan fingerprint density at radius 3 is 2.62 bits per heavy atom. The lowest BCUT2D eigenvalue weighted by Crippen LogP contribution is -2.24. The number of tetrazole rings is 1. The molecule has 1 heterocycles. The molecule has 2 rings (SSSR count). The van der Waals surface area contributed by atoms with Crippen molar-refractivity contribution in [1.82, 2.24) is 25.5 Å². The second kappa shape index (κ2) is 5.80. The van der Waals surface area contributed by atoms with Crippen molar-refractivity contribution in [3.8, 4) is 5.69 Å². The van der Waals surface area contributed by atoms with E-state index in [1.807, 2.05) is 13.8 Å². The molecule has 1 aromatic carbocycles. The van der Waals surface area contributed by atoms with Crippen molar-refractivity contribution >= 4 is 0 Å². The lowest BCUT2D eigenvalue weighted by molar-refractivity contribution is -0.138. The summed E-state index contributed by atoms with van der Waals surface area (Å²) >= 11 is 0. The number of halogens is 3. The number of hydrogen-bond donors (Lipinski definition) is 1. The molecular weight excluding hydrogens is 283 g/mol. The van der Waals surface area contributed by atoms with E-state index in [9.17, 15) is 13.2 Å². The van der Waals surface area contributed by atoms with Crippen LogP contribution in [-0.4, -0.2) is 26.2 Å². The highest BCUT2D eigenvalue weighted by atomic mass is 19.4. The predicted octanol–water partition coefficient (Wildman–Crippen LogP) is 2.49. The summed E-state index contributed by atoms with van der Waals surface area (Å²) in [4.78, 5) is 0. The molecular formula is C13H16F3N5. The van der Waals surface area contributed by atoms with Gasteiger partial charge in [-0.1, -0.05) is 19.9 Å². The summed E-state index contributed by atoms with van der Waals surface area (Å²) in [5, 5.41) is 14.3. The van der Waals surface area contributed by atoms with E-state index >= 15 is 0 Å². The minimum Gasteiger partial charge on any atom is -0.308 e. The summed E-state index contributed by atoms with van der Waals surface area (Å²) in [6, 6.07) is 4.27. The van der Waals surface area contributed by atoms with Crippen LogP contribution in [0.15, 0.2) is 18.2 Å². The van der Waals surface area contributed by atoms with Gasteiger partial charge in [0.2, 0.25) is 0 Å². The summed E-state index contributed by atoms with van der Waals surface area (Å²) in [7, 11) is 0. The van der Waals surface area contributed by atoms with Gasteiger partial charge in [-0.2, -0.15) is 17.9 Å². The molecule has 8 heteroatoms. The topological polar surface area (TPSA) is 55.6 Å². The number of hydrogen-bond acceptors (Lipinski definition) is 4. The molecule has 0 saturated heterocycles. The molecule has 21 heavy (non-hydrogen) atoms. The van der Waals surface area contributed by atoms with Gasteiger partial charge in [0.1, 0.15) is 0 Å². The summed E-state index contributed by atoms with van der Waals surface area (Å²) in [6.45, 7) is 5.72. The normalized spacial score (nSPS) is 12.1. The number of benzene rings is 1. The van der Waals surface area contributed by atoms with Gasteiger partial charge in [-0.3, -0.25) is 0 Å². The lowest BCUT2D eigenvalue weighted by atomic mass is 10.1. The smallest absolute Gasteiger partial charge is 0.308 e. The Hall–Kier alpha value is -1.96. The van der Waals surface area contributed by atoms with E-state index in [1.54, 1.807) is 6.07 Å². The fourth-order valence-corrected chi connectivity index (χ4v) is 1.86. The first-order valence-electron chi connectivity index (χ1n) is 6.48. The van der Waals surface area contributed by atoms with Gasteiger partial charge in [0.15, 0.2) is 5.82 Å². The van der Waals surface area contributed by atoms with E-state index in [1.165, 1.54) is 17.7 Å². The fraction of sp³-hybridized carbons (Fsp3) is 0.462. The molecule has 0 fully saturated rings. The van der Waals surface area contributed by atoms with Crippen LogP contribution in [-0.2, 0) is 12.7 Å². The third-order valence-corrected chi connectivity index (χ3v) is 2.97. The molecule has 0 aliphatic heterocycles. The average Bonchev–Trinajstić information content (AvgIpc) is 2.84. The maximum atomic E-state index is 13.0. The van der Waals surface area contributed by atoms with Crippen molar-refractivity contribution in [3.05, 3.63) is 35.2 Å². The molecule has 1 N–H and O–H groups in total. The van der Waals surface area contributed by atoms with E-state index in [2.05, 4.69) is 20.8 Å². The van der Waals surface area contributed by atoms with Crippen molar-refractivity contribution in [2.75, 3.05) is 0 Å². The van der Waals surface area contributed by atoms with Crippen LogP contribution in [0.1, 0.15) is 30.8 Å². The monoisotopic (exact) mass is 299 g/mol. The zero-order valence-electron chi connectivity index (χ0n) is 11.9. The maximum Gasteiger partial charge on any atom is 0.416 e. The molecule has 0 bridgehead atoms. The van der Waals surface area contributed by atoms with Gasteiger partial charge < -0.3 is 5.32 Å². The van der Waals surface area contributed by atoms with Gasteiger partial charge in [0, 0.05) is 6.04 Å². The molecule has 2 aromatic rings. The number of aryl methyl sites for hydroxylation is 1. The largest absolute Gasteiger partial charge is 0.416 e. The molecule has 114 valence electrons. The Kier molecular flexibility index (Phi) is 4.26. The summed E-state index contributed by atoms with van der Waals surface area (Å²) in [5.41, 5.74) is -0.224. The molecule has 0 spiro atoms. The zero-order chi connectivity index (χ0) is 15.6. The number of nitrogens with zero attached hydrogens (tertiary/aromatic N) is 4. The minimum absolute atomic E-state index is 0.168. The van der Waals surface area contributed by atoms with Crippen LogP contribution in [0.3, 0.4) is 0 Å². The fourth-order valence-electron chi connectivity index (χ4n) is 1.86. The van der Waals surface area contributed by atoms with Gasteiger partial charge in [0.05, 0.1) is 17.8 Å². The van der Waals surface area contributed by atoms with Crippen LogP contribution < -0.4 is 5.32 Å². The first-order chi connectivity index (χ1) is 9.79. The Balaban J connectivity index is 2.37. The highest BCUT2D eigenvalue weighted by Crippen LogP contribution is 2.33. The van der Waals surface area contributed by atoms with Crippen LogP contribution in [0.5, 0.6) is 0 Å². The number of aromatic nitrogens is 4. The van der Waals surface area contributed by atoms with Crippen LogP contribution >= 0.6 is 0 Å². The Morgan fingerprint density at radius 2 is 2.00 bits per heavy atom. The number of nitrogens with one attached hydrogen (secondary N) is 1. The average molecular weight is 299 g/mol. The Bertz CT molecular complexity index is 619. The molecule has 0 aliphatic carbocycles. The van der Waals surface area contributed by atoms with Gasteiger partial charge >= 0.3 is 6.18 Å². The molecule has 0 aliphatic rings. The predicted molar refractivity (Wildman–Crippen MR) is 70.9 cm³/mol. The number of alkyl halides is 3. The minimum atomic E-state index is -4.40. The van der Waals surface area contributed by atoms with Gasteiger partial charge in [-0.05, 0) is 35.0 Å². The van der Waals surface area contributed by atoms with Gasteiger partial charge in [0.25, 0.3) is 0 Å². The third kappa shape index (κ3) is 3.57. The highest BCUT2D eigenvalue weighted by Gasteiger charge is 2.32. The zero-order valence-corrected chi connectivity index (χ0v) is 11.9. The standard InChI is InChI=1S/C13H16F3N5/c1-8(2)17-7-12-18-19-20-21(12)10-5-4-9(3)11(6-10)13(14,15)16/h4-6,8,17H,7H2,1-3H3. The van der Waals surface area contributed by atoms with Crippen LogP contribution in [0.4, 0.5) is 13.2 Å². The SMILES string of the molecule is Cc1ccc(-n2nnnc2CNC(C)C)cc1C(F)(F)F. The molecule has 0 radical (unpaired) electrons. The van der Waals surface area contributed by atoms with E-state index in [0.29, 0.717) is 18.1 Å². The molecule has 0 amide bonds. The molecule has 1 aromatic heterocycles. The first kappa shape index (κ1) is 15.4. The van der Waals surface area contributed by atoms with E-state index in [-0.39, 0.29) is 11.6 Å². The quantitative estimate of drug-likeness (QED) is 0.942. The lowest BCUT2D eigenvalue weighted by Gasteiger charge is -2.13. The summed E-state index contributed by atoms with van der Waals surface area (Å²) in [5.74, 6) is 0.459. The first-order valence-corrected chi connectivity index (χ1v) is 6.48. The molecule has 0 saturated carbocycles. The summed E-state index contributed by atoms with van der Waals surface area (Å²) in [6.07, 6.45) is -4.40. The third-order valence-electron chi connectivity index (χ3n) is 2.97. The second-order valence-electron chi connectivity index (χ2n) is 5.04. The van der Waals surface area contributed by atoms with E-state index < -0.39 is 11.7 Å². The van der Waals surface area contributed by atoms with Crippen molar-refractivity contribution < 1.29 is 13.2 Å².